The lowest BCUT2D eigenvalue weighted by molar-refractivity contribution is 0.101. The van der Waals surface area contributed by atoms with E-state index in [1.807, 2.05) is 50.2 Å². The van der Waals surface area contributed by atoms with Crippen LogP contribution in [0, 0.1) is 0 Å². The first-order valence-corrected chi connectivity index (χ1v) is 8.50. The van der Waals surface area contributed by atoms with E-state index in [1.54, 1.807) is 6.07 Å². The summed E-state index contributed by atoms with van der Waals surface area (Å²) in [5.74, 6) is -0.173. The maximum absolute atomic E-state index is 12.5. The fraction of sp³-hybridized carbons (Fsp3) is 0.350. The van der Waals surface area contributed by atoms with Gasteiger partial charge in [0.05, 0.1) is 5.60 Å². The predicted molar refractivity (Wildman–Crippen MR) is 101 cm³/mol. The number of amides is 1. The van der Waals surface area contributed by atoms with Gasteiger partial charge in [-0.3, -0.25) is 4.79 Å². The Hall–Kier alpha value is -2.11. The van der Waals surface area contributed by atoms with Crippen LogP contribution in [0.2, 0.25) is 0 Å². The first-order chi connectivity index (χ1) is 11.6. The highest BCUT2D eigenvalue weighted by Crippen LogP contribution is 2.30. The largest absolute Gasteiger partial charge is 0.492 e. The number of nitrogens with one attached hydrogen (secondary N) is 1. The lowest BCUT2D eigenvalue weighted by Crippen LogP contribution is -2.29. The molecule has 1 aliphatic heterocycles. The zero-order chi connectivity index (χ0) is 18.4. The molecule has 2 N–H and O–H groups in total. The summed E-state index contributed by atoms with van der Waals surface area (Å²) in [5.41, 5.74) is 3.59. The van der Waals surface area contributed by atoms with Gasteiger partial charge >= 0.3 is 7.12 Å². The van der Waals surface area contributed by atoms with E-state index in [4.69, 9.17) is 4.65 Å². The predicted octanol–water partition coefficient (Wildman–Crippen LogP) is 3.19. The number of hydrogen-bond donors (Lipinski definition) is 2. The minimum absolute atomic E-state index is 0.0535. The number of anilines is 1. The minimum atomic E-state index is -0.965. The molecule has 0 saturated carbocycles. The summed E-state index contributed by atoms with van der Waals surface area (Å²) in [6.45, 7) is 10.2. The third-order valence-corrected chi connectivity index (χ3v) is 4.64. The Morgan fingerprint density at radius 1 is 1.12 bits per heavy atom. The van der Waals surface area contributed by atoms with Crippen LogP contribution >= 0.6 is 0 Å². The fourth-order valence-electron chi connectivity index (χ4n) is 3.12. The molecule has 2 aromatic carbocycles. The van der Waals surface area contributed by atoms with Crippen molar-refractivity contribution < 1.29 is 14.5 Å². The van der Waals surface area contributed by atoms with Gasteiger partial charge in [0.25, 0.3) is 5.91 Å². The summed E-state index contributed by atoms with van der Waals surface area (Å²) >= 11 is 0. The van der Waals surface area contributed by atoms with E-state index in [1.165, 1.54) is 5.56 Å². The summed E-state index contributed by atoms with van der Waals surface area (Å²) in [7, 11) is -0.965. The molecule has 1 amide bonds. The molecule has 130 valence electrons. The molecule has 0 aliphatic carbocycles. The Balaban J connectivity index is 1.79. The Bertz CT molecular complexity index is 807. The number of carbonyl (C=O) groups is 1. The van der Waals surface area contributed by atoms with Crippen LogP contribution in [0.5, 0.6) is 0 Å². The van der Waals surface area contributed by atoms with Crippen molar-refractivity contribution in [3.63, 3.8) is 0 Å². The average molecular weight is 337 g/mol. The standard InChI is InChI=1S/C20H24BNO3/c1-19(2,3)14-8-6-13(7-9-14)18(23)22-15-10-11-16-17(12-15)21(24)25-20(16,4)5/h6-12,24H,1-5H3,(H,22,23). The van der Waals surface area contributed by atoms with Crippen LogP contribution in [-0.4, -0.2) is 18.0 Å². The maximum Gasteiger partial charge on any atom is 0.492 e. The summed E-state index contributed by atoms with van der Waals surface area (Å²) < 4.78 is 5.55. The zero-order valence-electron chi connectivity index (χ0n) is 15.4. The normalized spacial score (nSPS) is 15.8. The second-order valence-corrected chi connectivity index (χ2v) is 8.06. The second kappa shape index (κ2) is 6.01. The smallest absolute Gasteiger partial charge is 0.423 e. The topological polar surface area (TPSA) is 58.6 Å². The van der Waals surface area contributed by atoms with Crippen molar-refractivity contribution in [2.75, 3.05) is 5.32 Å². The molecule has 0 radical (unpaired) electrons. The zero-order valence-corrected chi connectivity index (χ0v) is 15.4. The number of benzene rings is 2. The molecule has 2 aromatic rings. The Labute approximate surface area is 149 Å². The molecule has 25 heavy (non-hydrogen) atoms. The van der Waals surface area contributed by atoms with Crippen molar-refractivity contribution in [3.8, 4) is 0 Å². The summed E-state index contributed by atoms with van der Waals surface area (Å²) in [5, 5.41) is 13.0. The molecule has 1 aliphatic rings. The molecule has 0 fully saturated rings. The Kier molecular flexibility index (Phi) is 4.25. The molecule has 0 unspecified atom stereocenters. The maximum atomic E-state index is 12.5. The van der Waals surface area contributed by atoms with E-state index >= 15 is 0 Å². The van der Waals surface area contributed by atoms with Crippen molar-refractivity contribution in [1.29, 1.82) is 0 Å². The first kappa shape index (κ1) is 17.7. The Morgan fingerprint density at radius 2 is 1.76 bits per heavy atom. The number of hydrogen-bond acceptors (Lipinski definition) is 3. The van der Waals surface area contributed by atoms with Crippen molar-refractivity contribution in [2.45, 2.75) is 45.6 Å². The average Bonchev–Trinajstić information content (AvgIpc) is 2.75. The van der Waals surface area contributed by atoms with Gasteiger partial charge in [-0.15, -0.1) is 0 Å². The van der Waals surface area contributed by atoms with Crippen LogP contribution in [-0.2, 0) is 15.7 Å². The van der Waals surface area contributed by atoms with Crippen LogP contribution in [0.1, 0.15) is 56.1 Å². The van der Waals surface area contributed by atoms with Gasteiger partial charge in [-0.1, -0.05) is 39.0 Å². The highest BCUT2D eigenvalue weighted by atomic mass is 16.5. The summed E-state index contributed by atoms with van der Waals surface area (Å²) in [6, 6.07) is 13.1. The lowest BCUT2D eigenvalue weighted by atomic mass is 9.78. The highest BCUT2D eigenvalue weighted by Gasteiger charge is 2.40. The SMILES string of the molecule is CC(C)(C)c1ccc(C(=O)Nc2ccc3c(c2)B(O)OC3(C)C)cc1. The molecular formula is C20H24BNO3. The van der Waals surface area contributed by atoms with E-state index in [0.717, 1.165) is 5.56 Å². The first-order valence-electron chi connectivity index (χ1n) is 8.50. The van der Waals surface area contributed by atoms with Crippen molar-refractivity contribution in [1.82, 2.24) is 0 Å². The van der Waals surface area contributed by atoms with Gasteiger partial charge < -0.3 is 15.0 Å². The molecule has 4 nitrogen and oxygen atoms in total. The Morgan fingerprint density at radius 3 is 2.36 bits per heavy atom. The van der Waals surface area contributed by atoms with Gasteiger partial charge in [0, 0.05) is 11.3 Å². The van der Waals surface area contributed by atoms with Gasteiger partial charge in [-0.25, -0.2) is 0 Å². The van der Waals surface area contributed by atoms with Crippen LogP contribution in [0.3, 0.4) is 0 Å². The van der Waals surface area contributed by atoms with Gasteiger partial charge in [-0.05, 0) is 60.1 Å². The highest BCUT2D eigenvalue weighted by molar-refractivity contribution is 6.62. The van der Waals surface area contributed by atoms with Crippen molar-refractivity contribution in [2.24, 2.45) is 0 Å². The second-order valence-electron chi connectivity index (χ2n) is 8.06. The monoisotopic (exact) mass is 337 g/mol. The minimum Gasteiger partial charge on any atom is -0.423 e. The van der Waals surface area contributed by atoms with E-state index in [0.29, 0.717) is 16.7 Å². The molecule has 1 heterocycles. The summed E-state index contributed by atoms with van der Waals surface area (Å²) in [4.78, 5) is 12.5. The van der Waals surface area contributed by atoms with Crippen LogP contribution in [0.15, 0.2) is 42.5 Å². The van der Waals surface area contributed by atoms with E-state index in [9.17, 15) is 9.82 Å². The molecule has 0 aromatic heterocycles. The van der Waals surface area contributed by atoms with Crippen LogP contribution in [0.4, 0.5) is 5.69 Å². The molecule has 0 bridgehead atoms. The van der Waals surface area contributed by atoms with Gasteiger partial charge in [0.2, 0.25) is 0 Å². The summed E-state index contributed by atoms with van der Waals surface area (Å²) in [6.07, 6.45) is 0. The van der Waals surface area contributed by atoms with E-state index in [2.05, 4.69) is 26.1 Å². The van der Waals surface area contributed by atoms with Gasteiger partial charge in [-0.2, -0.15) is 0 Å². The lowest BCUT2D eigenvalue weighted by Gasteiger charge is -2.20. The third-order valence-electron chi connectivity index (χ3n) is 4.64. The molecular weight excluding hydrogens is 313 g/mol. The van der Waals surface area contributed by atoms with E-state index < -0.39 is 12.7 Å². The molecule has 0 spiro atoms. The number of carbonyl (C=O) groups excluding carboxylic acids is 1. The number of rotatable bonds is 2. The van der Waals surface area contributed by atoms with Gasteiger partial charge in [0.15, 0.2) is 0 Å². The quantitative estimate of drug-likeness (QED) is 0.828. The van der Waals surface area contributed by atoms with Crippen LogP contribution < -0.4 is 10.8 Å². The van der Waals surface area contributed by atoms with Crippen molar-refractivity contribution >= 4 is 24.2 Å². The molecule has 0 saturated heterocycles. The third kappa shape index (κ3) is 3.48. The molecule has 5 heteroatoms. The van der Waals surface area contributed by atoms with E-state index in [-0.39, 0.29) is 11.3 Å². The van der Waals surface area contributed by atoms with Gasteiger partial charge in [0.1, 0.15) is 0 Å². The molecule has 3 rings (SSSR count). The van der Waals surface area contributed by atoms with Crippen molar-refractivity contribution in [3.05, 3.63) is 59.2 Å². The van der Waals surface area contributed by atoms with Crippen LogP contribution in [0.25, 0.3) is 0 Å². The molecule has 0 atom stereocenters. The fourth-order valence-corrected chi connectivity index (χ4v) is 3.12. The number of fused-ring (bicyclic) bond motifs is 1.